The van der Waals surface area contributed by atoms with E-state index in [1.165, 1.54) is 29.2 Å². The molecule has 1 heterocycles. The van der Waals surface area contributed by atoms with Gasteiger partial charge in [0.1, 0.15) is 0 Å². The average molecular weight is 500 g/mol. The van der Waals surface area contributed by atoms with E-state index < -0.39 is 17.7 Å². The highest BCUT2D eigenvalue weighted by atomic mass is 35.5. The SMILES string of the molecule is CC(C)C(=C1C(=O)N(Cc2cccc(C(=O)O)c2)c2ccc(Cl)cc21)c1ccc(C(F)(F)F)cc1. The third-order valence-electron chi connectivity index (χ3n) is 5.86. The van der Waals surface area contributed by atoms with Crippen molar-refractivity contribution >= 4 is 40.3 Å². The third kappa shape index (κ3) is 4.82. The van der Waals surface area contributed by atoms with Crippen molar-refractivity contribution in [2.24, 2.45) is 5.92 Å². The minimum absolute atomic E-state index is 0.105. The zero-order chi connectivity index (χ0) is 25.5. The molecular formula is C27H21ClF3NO3. The van der Waals surface area contributed by atoms with Gasteiger partial charge in [-0.25, -0.2) is 4.79 Å². The number of carbonyl (C=O) groups is 2. The number of halogens is 4. The fourth-order valence-corrected chi connectivity index (χ4v) is 4.48. The van der Waals surface area contributed by atoms with Crippen LogP contribution in [-0.4, -0.2) is 17.0 Å². The van der Waals surface area contributed by atoms with Gasteiger partial charge < -0.3 is 10.0 Å². The Kier molecular flexibility index (Phi) is 6.47. The number of nitrogens with zero attached hydrogens (tertiary/aromatic N) is 1. The molecule has 180 valence electrons. The minimum atomic E-state index is -4.46. The second-order valence-electron chi connectivity index (χ2n) is 8.58. The summed E-state index contributed by atoms with van der Waals surface area (Å²) >= 11 is 6.26. The van der Waals surface area contributed by atoms with Crippen LogP contribution in [0.25, 0.3) is 11.1 Å². The summed E-state index contributed by atoms with van der Waals surface area (Å²) in [5.41, 5.74) is 2.63. The van der Waals surface area contributed by atoms with E-state index in [2.05, 4.69) is 0 Å². The first-order valence-electron chi connectivity index (χ1n) is 10.8. The minimum Gasteiger partial charge on any atom is -0.478 e. The number of fused-ring (bicyclic) bond motifs is 1. The van der Waals surface area contributed by atoms with E-state index in [9.17, 15) is 27.9 Å². The maximum atomic E-state index is 13.8. The average Bonchev–Trinajstić information content (AvgIpc) is 3.04. The Morgan fingerprint density at radius 2 is 1.69 bits per heavy atom. The summed E-state index contributed by atoms with van der Waals surface area (Å²) < 4.78 is 39.3. The van der Waals surface area contributed by atoms with Gasteiger partial charge in [-0.1, -0.05) is 49.7 Å². The van der Waals surface area contributed by atoms with Gasteiger partial charge in [-0.15, -0.1) is 0 Å². The fourth-order valence-electron chi connectivity index (χ4n) is 4.31. The summed E-state index contributed by atoms with van der Waals surface area (Å²) in [5, 5.41) is 9.73. The van der Waals surface area contributed by atoms with E-state index >= 15 is 0 Å². The van der Waals surface area contributed by atoms with Crippen molar-refractivity contribution in [1.82, 2.24) is 0 Å². The number of alkyl halides is 3. The van der Waals surface area contributed by atoms with Crippen LogP contribution in [0, 0.1) is 5.92 Å². The molecule has 0 bridgehead atoms. The van der Waals surface area contributed by atoms with E-state index in [1.807, 2.05) is 13.8 Å². The standard InChI is InChI=1S/C27H21ClF3NO3/c1-15(2)23(17-6-8-19(9-7-17)27(29,30)31)24-21-13-20(28)10-11-22(21)32(25(24)33)14-16-4-3-5-18(12-16)26(34)35/h3-13,15H,14H2,1-2H3,(H,34,35). The van der Waals surface area contributed by atoms with Crippen LogP contribution in [-0.2, 0) is 17.5 Å². The molecule has 0 radical (unpaired) electrons. The molecule has 8 heteroatoms. The molecule has 3 aromatic rings. The van der Waals surface area contributed by atoms with Gasteiger partial charge in [0, 0.05) is 10.6 Å². The second kappa shape index (κ2) is 9.23. The lowest BCUT2D eigenvalue weighted by Crippen LogP contribution is -2.26. The van der Waals surface area contributed by atoms with Crippen LogP contribution in [0.1, 0.15) is 46.5 Å². The van der Waals surface area contributed by atoms with E-state index in [1.54, 1.807) is 30.3 Å². The number of amides is 1. The molecule has 0 aromatic heterocycles. The first-order valence-corrected chi connectivity index (χ1v) is 11.2. The summed E-state index contributed by atoms with van der Waals surface area (Å²) in [6, 6.07) is 16.1. The zero-order valence-corrected chi connectivity index (χ0v) is 19.6. The van der Waals surface area contributed by atoms with Crippen LogP contribution in [0.5, 0.6) is 0 Å². The van der Waals surface area contributed by atoms with Crippen LogP contribution in [0.4, 0.5) is 18.9 Å². The number of allylic oxidation sites excluding steroid dienone is 1. The van der Waals surface area contributed by atoms with Gasteiger partial charge in [0.15, 0.2) is 0 Å². The molecule has 4 rings (SSSR count). The van der Waals surface area contributed by atoms with Gasteiger partial charge in [0.2, 0.25) is 0 Å². The summed E-state index contributed by atoms with van der Waals surface area (Å²) in [5.74, 6) is -1.59. The molecule has 0 saturated heterocycles. The van der Waals surface area contributed by atoms with Crippen LogP contribution in [0.2, 0.25) is 5.02 Å². The maximum Gasteiger partial charge on any atom is 0.416 e. The molecule has 0 spiro atoms. The number of carboxylic acids is 1. The first kappa shape index (κ1) is 24.5. The van der Waals surface area contributed by atoms with E-state index in [4.69, 9.17) is 11.6 Å². The van der Waals surface area contributed by atoms with Crippen molar-refractivity contribution in [3.05, 3.63) is 99.6 Å². The predicted octanol–water partition coefficient (Wildman–Crippen LogP) is 7.17. The highest BCUT2D eigenvalue weighted by Gasteiger charge is 2.36. The van der Waals surface area contributed by atoms with Crippen LogP contribution in [0.3, 0.4) is 0 Å². The molecule has 1 aliphatic heterocycles. The molecule has 0 aliphatic carbocycles. The molecule has 1 N–H and O–H groups in total. The fraction of sp³-hybridized carbons (Fsp3) is 0.185. The van der Waals surface area contributed by atoms with Gasteiger partial charge >= 0.3 is 12.1 Å². The molecule has 0 atom stereocenters. The molecule has 35 heavy (non-hydrogen) atoms. The normalized spacial score (nSPS) is 14.9. The number of hydrogen-bond donors (Lipinski definition) is 1. The Labute approximate surface area is 205 Å². The number of anilines is 1. The quantitative estimate of drug-likeness (QED) is 0.378. The third-order valence-corrected chi connectivity index (χ3v) is 6.10. The van der Waals surface area contributed by atoms with Crippen LogP contribution < -0.4 is 4.90 Å². The van der Waals surface area contributed by atoms with Crippen LogP contribution in [0.15, 0.2) is 66.7 Å². The van der Waals surface area contributed by atoms with Gasteiger partial charge in [-0.05, 0) is 65.1 Å². The van der Waals surface area contributed by atoms with Crippen molar-refractivity contribution in [1.29, 1.82) is 0 Å². The van der Waals surface area contributed by atoms with Crippen molar-refractivity contribution in [3.8, 4) is 0 Å². The Morgan fingerprint density at radius 3 is 2.29 bits per heavy atom. The highest BCUT2D eigenvalue weighted by Crippen LogP contribution is 2.45. The lowest BCUT2D eigenvalue weighted by atomic mass is 9.87. The highest BCUT2D eigenvalue weighted by molar-refractivity contribution is 6.39. The summed E-state index contributed by atoms with van der Waals surface area (Å²) in [7, 11) is 0. The molecule has 0 fully saturated rings. The van der Waals surface area contributed by atoms with Crippen molar-refractivity contribution < 1.29 is 27.9 Å². The first-order chi connectivity index (χ1) is 16.5. The molecule has 0 unspecified atom stereocenters. The Balaban J connectivity index is 1.85. The molecule has 0 saturated carbocycles. The van der Waals surface area contributed by atoms with Gasteiger partial charge in [0.05, 0.1) is 28.9 Å². The Morgan fingerprint density at radius 1 is 1.00 bits per heavy atom. The monoisotopic (exact) mass is 499 g/mol. The lowest BCUT2D eigenvalue weighted by molar-refractivity contribution is -0.137. The van der Waals surface area contributed by atoms with Crippen molar-refractivity contribution in [3.63, 3.8) is 0 Å². The Hall–Kier alpha value is -3.58. The van der Waals surface area contributed by atoms with Crippen molar-refractivity contribution in [2.75, 3.05) is 4.90 Å². The molecule has 3 aromatic carbocycles. The second-order valence-corrected chi connectivity index (χ2v) is 9.01. The largest absolute Gasteiger partial charge is 0.478 e. The predicted molar refractivity (Wildman–Crippen MR) is 129 cm³/mol. The summed E-state index contributed by atoms with van der Waals surface area (Å²) in [6.07, 6.45) is -4.46. The summed E-state index contributed by atoms with van der Waals surface area (Å²) in [6.45, 7) is 3.86. The van der Waals surface area contributed by atoms with E-state index in [0.29, 0.717) is 38.5 Å². The van der Waals surface area contributed by atoms with Crippen LogP contribution >= 0.6 is 11.6 Å². The Bertz CT molecular complexity index is 1340. The summed E-state index contributed by atoms with van der Waals surface area (Å²) in [4.78, 5) is 26.7. The van der Waals surface area contributed by atoms with E-state index in [0.717, 1.165) is 12.1 Å². The number of benzene rings is 3. The smallest absolute Gasteiger partial charge is 0.416 e. The van der Waals surface area contributed by atoms with Gasteiger partial charge in [0.25, 0.3) is 5.91 Å². The number of carboxylic acid groups (broad SMARTS) is 1. The zero-order valence-electron chi connectivity index (χ0n) is 18.9. The maximum absolute atomic E-state index is 13.8. The number of aromatic carboxylic acids is 1. The number of carbonyl (C=O) groups excluding carboxylic acids is 1. The number of hydrogen-bond acceptors (Lipinski definition) is 2. The lowest BCUT2D eigenvalue weighted by Gasteiger charge is -2.19. The van der Waals surface area contributed by atoms with E-state index in [-0.39, 0.29) is 23.9 Å². The van der Waals surface area contributed by atoms with Gasteiger partial charge in [-0.3, -0.25) is 4.79 Å². The molecular weight excluding hydrogens is 479 g/mol. The number of rotatable bonds is 5. The van der Waals surface area contributed by atoms with Gasteiger partial charge in [-0.2, -0.15) is 13.2 Å². The topological polar surface area (TPSA) is 57.6 Å². The molecule has 4 nitrogen and oxygen atoms in total. The molecule has 1 amide bonds. The van der Waals surface area contributed by atoms with Crippen molar-refractivity contribution in [2.45, 2.75) is 26.6 Å². The molecule has 1 aliphatic rings.